The van der Waals surface area contributed by atoms with Crippen molar-refractivity contribution in [3.63, 3.8) is 0 Å². The highest BCUT2D eigenvalue weighted by Gasteiger charge is 2.16. The number of thioether (sulfide) groups is 1. The lowest BCUT2D eigenvalue weighted by atomic mass is 10.2. The SMILES string of the molecule is Fc1cnc(NC2CCSC2)c(I)c1. The van der Waals surface area contributed by atoms with Gasteiger partial charge in [-0.2, -0.15) is 11.8 Å². The summed E-state index contributed by atoms with van der Waals surface area (Å²) in [7, 11) is 0. The molecule has 0 bridgehead atoms. The number of rotatable bonds is 2. The van der Waals surface area contributed by atoms with Crippen LogP contribution in [0.3, 0.4) is 0 Å². The topological polar surface area (TPSA) is 24.9 Å². The van der Waals surface area contributed by atoms with Gasteiger partial charge in [0.25, 0.3) is 0 Å². The minimum atomic E-state index is -0.277. The smallest absolute Gasteiger partial charge is 0.142 e. The molecule has 1 aliphatic rings. The molecule has 0 aromatic carbocycles. The summed E-state index contributed by atoms with van der Waals surface area (Å²) in [5, 5.41) is 3.33. The second-order valence-corrected chi connectivity index (χ2v) is 5.50. The third-order valence-corrected chi connectivity index (χ3v) is 4.06. The van der Waals surface area contributed by atoms with E-state index in [0.717, 1.165) is 15.1 Å². The van der Waals surface area contributed by atoms with E-state index in [4.69, 9.17) is 0 Å². The van der Waals surface area contributed by atoms with Gasteiger partial charge in [0.05, 0.1) is 9.77 Å². The van der Waals surface area contributed by atoms with Gasteiger partial charge in [0.1, 0.15) is 11.6 Å². The maximum absolute atomic E-state index is 12.8. The van der Waals surface area contributed by atoms with Gasteiger partial charge in [0.15, 0.2) is 0 Å². The standard InChI is InChI=1S/C9H10FIN2S/c10-6-3-8(11)9(12-4-6)13-7-1-2-14-5-7/h3-4,7H,1-2,5H2,(H,12,13). The first kappa shape index (κ1) is 10.5. The Bertz CT molecular complexity index is 329. The zero-order valence-electron chi connectivity index (χ0n) is 7.46. The Morgan fingerprint density at radius 1 is 1.64 bits per heavy atom. The molecule has 2 nitrogen and oxygen atoms in total. The molecule has 0 aliphatic carbocycles. The van der Waals surface area contributed by atoms with Crippen LogP contribution in [0.4, 0.5) is 10.2 Å². The first-order valence-corrected chi connectivity index (χ1v) is 6.64. The molecule has 2 heterocycles. The summed E-state index contributed by atoms with van der Waals surface area (Å²) in [6.07, 6.45) is 2.42. The summed E-state index contributed by atoms with van der Waals surface area (Å²) in [4.78, 5) is 4.04. The number of halogens is 2. The van der Waals surface area contributed by atoms with Gasteiger partial charge in [0.2, 0.25) is 0 Å². The van der Waals surface area contributed by atoms with Crippen LogP contribution in [0.5, 0.6) is 0 Å². The highest BCUT2D eigenvalue weighted by molar-refractivity contribution is 14.1. The lowest BCUT2D eigenvalue weighted by Crippen LogP contribution is -2.19. The molecule has 1 unspecified atom stereocenters. The monoisotopic (exact) mass is 324 g/mol. The van der Waals surface area contributed by atoms with Crippen LogP contribution in [0.2, 0.25) is 0 Å². The van der Waals surface area contributed by atoms with Crippen LogP contribution >= 0.6 is 34.4 Å². The molecule has 1 saturated heterocycles. The Morgan fingerprint density at radius 3 is 3.14 bits per heavy atom. The number of hydrogen-bond acceptors (Lipinski definition) is 3. The molecule has 1 fully saturated rings. The average molecular weight is 324 g/mol. The van der Waals surface area contributed by atoms with Crippen molar-refractivity contribution >= 4 is 40.2 Å². The Hall–Kier alpha value is -0.0400. The fraction of sp³-hybridized carbons (Fsp3) is 0.444. The van der Waals surface area contributed by atoms with E-state index in [9.17, 15) is 4.39 Å². The Balaban J connectivity index is 2.08. The second-order valence-electron chi connectivity index (χ2n) is 3.19. The Kier molecular flexibility index (Phi) is 3.48. The van der Waals surface area contributed by atoms with E-state index in [0.29, 0.717) is 6.04 Å². The zero-order chi connectivity index (χ0) is 9.97. The van der Waals surface area contributed by atoms with Crippen LogP contribution in [0.25, 0.3) is 0 Å². The van der Waals surface area contributed by atoms with Crippen LogP contribution in [-0.4, -0.2) is 22.5 Å². The molecule has 5 heteroatoms. The molecule has 76 valence electrons. The number of aromatic nitrogens is 1. The van der Waals surface area contributed by atoms with Gasteiger partial charge in [-0.25, -0.2) is 9.37 Å². The van der Waals surface area contributed by atoms with Crippen molar-refractivity contribution in [1.29, 1.82) is 0 Å². The summed E-state index contributed by atoms with van der Waals surface area (Å²) in [6.45, 7) is 0. The first-order valence-electron chi connectivity index (χ1n) is 4.41. The molecule has 1 aromatic rings. The molecular weight excluding hydrogens is 314 g/mol. The van der Waals surface area contributed by atoms with E-state index < -0.39 is 0 Å². The molecule has 1 N–H and O–H groups in total. The van der Waals surface area contributed by atoms with Crippen molar-refractivity contribution < 1.29 is 4.39 Å². The lowest BCUT2D eigenvalue weighted by molar-refractivity contribution is 0.620. The molecule has 1 atom stereocenters. The Labute approximate surface area is 100 Å². The van der Waals surface area contributed by atoms with Crippen molar-refractivity contribution in [2.75, 3.05) is 16.8 Å². The molecule has 2 rings (SSSR count). The van der Waals surface area contributed by atoms with Crippen molar-refractivity contribution in [2.45, 2.75) is 12.5 Å². The van der Waals surface area contributed by atoms with Crippen molar-refractivity contribution in [3.05, 3.63) is 21.7 Å². The van der Waals surface area contributed by atoms with E-state index in [1.807, 2.05) is 11.8 Å². The molecule has 0 amide bonds. The highest BCUT2D eigenvalue weighted by Crippen LogP contribution is 2.23. The van der Waals surface area contributed by atoms with E-state index in [1.54, 1.807) is 0 Å². The quantitative estimate of drug-likeness (QED) is 0.847. The number of pyridine rings is 1. The molecular formula is C9H10FIN2S. The maximum Gasteiger partial charge on any atom is 0.142 e. The summed E-state index contributed by atoms with van der Waals surface area (Å²) in [6, 6.07) is 1.99. The molecule has 0 spiro atoms. The van der Waals surface area contributed by atoms with E-state index in [1.165, 1.54) is 24.4 Å². The molecule has 1 aromatic heterocycles. The van der Waals surface area contributed by atoms with Gasteiger partial charge in [0, 0.05) is 11.8 Å². The largest absolute Gasteiger partial charge is 0.366 e. The average Bonchev–Trinajstić information content (AvgIpc) is 2.62. The summed E-state index contributed by atoms with van der Waals surface area (Å²) < 4.78 is 13.6. The van der Waals surface area contributed by atoms with Crippen molar-refractivity contribution in [2.24, 2.45) is 0 Å². The molecule has 0 radical (unpaired) electrons. The first-order chi connectivity index (χ1) is 6.75. The normalized spacial score (nSPS) is 21.1. The zero-order valence-corrected chi connectivity index (χ0v) is 10.4. The number of nitrogens with one attached hydrogen (secondary N) is 1. The van der Waals surface area contributed by atoms with Crippen LogP contribution in [-0.2, 0) is 0 Å². The highest BCUT2D eigenvalue weighted by atomic mass is 127. The summed E-state index contributed by atoms with van der Waals surface area (Å²) >= 11 is 4.04. The fourth-order valence-corrected chi connectivity index (χ4v) is 3.11. The van der Waals surface area contributed by atoms with Crippen molar-refractivity contribution in [1.82, 2.24) is 4.98 Å². The molecule has 0 saturated carbocycles. The number of anilines is 1. The third kappa shape index (κ3) is 2.50. The van der Waals surface area contributed by atoms with Crippen molar-refractivity contribution in [3.8, 4) is 0 Å². The van der Waals surface area contributed by atoms with Gasteiger partial charge >= 0.3 is 0 Å². The summed E-state index contributed by atoms with van der Waals surface area (Å²) in [5.41, 5.74) is 0. The number of nitrogens with zero attached hydrogens (tertiary/aromatic N) is 1. The predicted molar refractivity (Wildman–Crippen MR) is 66.3 cm³/mol. The van der Waals surface area contributed by atoms with E-state index in [-0.39, 0.29) is 5.82 Å². The molecule has 1 aliphatic heterocycles. The van der Waals surface area contributed by atoms with Gasteiger partial charge < -0.3 is 5.32 Å². The van der Waals surface area contributed by atoms with Gasteiger partial charge in [-0.3, -0.25) is 0 Å². The van der Waals surface area contributed by atoms with Crippen LogP contribution in [0, 0.1) is 9.39 Å². The van der Waals surface area contributed by atoms with Crippen LogP contribution in [0.1, 0.15) is 6.42 Å². The van der Waals surface area contributed by atoms with E-state index in [2.05, 4.69) is 32.9 Å². The fourth-order valence-electron chi connectivity index (χ4n) is 1.36. The van der Waals surface area contributed by atoms with E-state index >= 15 is 0 Å². The minimum absolute atomic E-state index is 0.277. The lowest BCUT2D eigenvalue weighted by Gasteiger charge is -2.12. The minimum Gasteiger partial charge on any atom is -0.366 e. The second kappa shape index (κ2) is 4.65. The molecule has 14 heavy (non-hydrogen) atoms. The van der Waals surface area contributed by atoms with Crippen LogP contribution < -0.4 is 5.32 Å². The maximum atomic E-state index is 12.8. The van der Waals surface area contributed by atoms with Crippen LogP contribution in [0.15, 0.2) is 12.3 Å². The Morgan fingerprint density at radius 2 is 2.50 bits per heavy atom. The predicted octanol–water partition coefficient (Wildman–Crippen LogP) is 2.74. The number of hydrogen-bond donors (Lipinski definition) is 1. The van der Waals surface area contributed by atoms with Gasteiger partial charge in [-0.15, -0.1) is 0 Å². The van der Waals surface area contributed by atoms with Gasteiger partial charge in [-0.1, -0.05) is 0 Å². The van der Waals surface area contributed by atoms with Gasteiger partial charge in [-0.05, 0) is 40.8 Å². The third-order valence-electron chi connectivity index (χ3n) is 2.08. The summed E-state index contributed by atoms with van der Waals surface area (Å²) in [5.74, 6) is 2.85.